The third-order valence-electron chi connectivity index (χ3n) is 3.08. The maximum atomic E-state index is 11.6. The number of ketones is 1. The van der Waals surface area contributed by atoms with Crippen molar-refractivity contribution in [2.24, 2.45) is 0 Å². The minimum Gasteiger partial charge on any atom is -0.457 e. The number of rotatable bonds is 6. The van der Waals surface area contributed by atoms with Crippen LogP contribution in [-0.4, -0.2) is 17.5 Å². The molecule has 0 bridgehead atoms. The van der Waals surface area contributed by atoms with Gasteiger partial charge in [0.25, 0.3) is 0 Å². The second kappa shape index (κ2) is 6.87. The van der Waals surface area contributed by atoms with Gasteiger partial charge in [-0.3, -0.25) is 4.79 Å². The fourth-order valence-electron chi connectivity index (χ4n) is 1.97. The quantitative estimate of drug-likeness (QED) is 0.816. The molecule has 0 saturated carbocycles. The number of hydrogen-bond donors (Lipinski definition) is 1. The summed E-state index contributed by atoms with van der Waals surface area (Å²) in [5, 5.41) is 9.04. The summed E-state index contributed by atoms with van der Waals surface area (Å²) in [5.41, 5.74) is 1.66. The SMILES string of the molecule is CCC(=O)c1ccc(Oc2ccccc2CCO)cc1. The van der Waals surface area contributed by atoms with E-state index in [0.29, 0.717) is 24.2 Å². The lowest BCUT2D eigenvalue weighted by molar-refractivity contribution is 0.0988. The molecule has 1 N–H and O–H groups in total. The maximum absolute atomic E-state index is 11.6. The summed E-state index contributed by atoms with van der Waals surface area (Å²) in [6.45, 7) is 1.93. The number of carbonyl (C=O) groups is 1. The molecule has 0 radical (unpaired) electrons. The number of benzene rings is 2. The molecule has 0 aliphatic rings. The van der Waals surface area contributed by atoms with Crippen LogP contribution in [-0.2, 0) is 6.42 Å². The molecule has 0 aliphatic carbocycles. The summed E-state index contributed by atoms with van der Waals surface area (Å²) in [5.74, 6) is 1.54. The zero-order valence-electron chi connectivity index (χ0n) is 11.5. The fourth-order valence-corrected chi connectivity index (χ4v) is 1.97. The van der Waals surface area contributed by atoms with Crippen molar-refractivity contribution in [3.8, 4) is 11.5 Å². The average molecular weight is 270 g/mol. The molecular weight excluding hydrogens is 252 g/mol. The van der Waals surface area contributed by atoms with E-state index in [2.05, 4.69) is 0 Å². The molecule has 0 aromatic heterocycles. The molecule has 20 heavy (non-hydrogen) atoms. The lowest BCUT2D eigenvalue weighted by Gasteiger charge is -2.10. The van der Waals surface area contributed by atoms with Gasteiger partial charge in [-0.1, -0.05) is 25.1 Å². The van der Waals surface area contributed by atoms with E-state index < -0.39 is 0 Å². The average Bonchev–Trinajstić information content (AvgIpc) is 2.49. The Bertz CT molecular complexity index is 573. The maximum Gasteiger partial charge on any atom is 0.162 e. The zero-order chi connectivity index (χ0) is 14.4. The number of Topliss-reactive ketones (excluding diaryl/α,β-unsaturated/α-hetero) is 1. The molecule has 2 rings (SSSR count). The van der Waals surface area contributed by atoms with Crippen LogP contribution in [0.4, 0.5) is 0 Å². The molecule has 2 aromatic carbocycles. The molecule has 0 amide bonds. The molecule has 0 heterocycles. The van der Waals surface area contributed by atoms with E-state index in [1.807, 2.05) is 31.2 Å². The van der Waals surface area contributed by atoms with Crippen molar-refractivity contribution in [3.63, 3.8) is 0 Å². The molecule has 0 aliphatic heterocycles. The van der Waals surface area contributed by atoms with Gasteiger partial charge >= 0.3 is 0 Å². The first-order valence-corrected chi connectivity index (χ1v) is 6.74. The van der Waals surface area contributed by atoms with Crippen LogP contribution < -0.4 is 4.74 Å². The number of hydrogen-bond acceptors (Lipinski definition) is 3. The predicted molar refractivity (Wildman–Crippen MR) is 78.4 cm³/mol. The Morgan fingerprint density at radius 3 is 2.45 bits per heavy atom. The summed E-state index contributed by atoms with van der Waals surface area (Å²) >= 11 is 0. The predicted octanol–water partition coefficient (Wildman–Crippen LogP) is 3.61. The van der Waals surface area contributed by atoms with Crippen molar-refractivity contribution in [2.75, 3.05) is 6.61 Å². The van der Waals surface area contributed by atoms with Gasteiger partial charge < -0.3 is 9.84 Å². The lowest BCUT2D eigenvalue weighted by atomic mass is 10.1. The van der Waals surface area contributed by atoms with Gasteiger partial charge in [0, 0.05) is 18.6 Å². The minimum absolute atomic E-state index is 0.0876. The van der Waals surface area contributed by atoms with Gasteiger partial charge in [0.15, 0.2) is 5.78 Å². The van der Waals surface area contributed by atoms with E-state index >= 15 is 0 Å². The summed E-state index contributed by atoms with van der Waals surface area (Å²) in [6, 6.07) is 14.7. The Kier molecular flexibility index (Phi) is 4.91. The van der Waals surface area contributed by atoms with E-state index in [0.717, 1.165) is 11.3 Å². The van der Waals surface area contributed by atoms with Crippen LogP contribution >= 0.6 is 0 Å². The highest BCUT2D eigenvalue weighted by Crippen LogP contribution is 2.25. The largest absolute Gasteiger partial charge is 0.457 e. The first kappa shape index (κ1) is 14.3. The van der Waals surface area contributed by atoms with Gasteiger partial charge in [-0.05, 0) is 42.3 Å². The third kappa shape index (κ3) is 3.45. The van der Waals surface area contributed by atoms with E-state index in [9.17, 15) is 4.79 Å². The molecule has 0 atom stereocenters. The Balaban J connectivity index is 2.16. The third-order valence-corrected chi connectivity index (χ3v) is 3.08. The second-order valence-electron chi connectivity index (χ2n) is 4.48. The van der Waals surface area contributed by atoms with Gasteiger partial charge in [0.05, 0.1) is 0 Å². The monoisotopic (exact) mass is 270 g/mol. The van der Waals surface area contributed by atoms with Crippen LogP contribution in [0, 0.1) is 0 Å². The Morgan fingerprint density at radius 1 is 1.10 bits per heavy atom. The van der Waals surface area contributed by atoms with E-state index in [4.69, 9.17) is 9.84 Å². The molecule has 0 fully saturated rings. The van der Waals surface area contributed by atoms with Crippen molar-refractivity contribution in [1.29, 1.82) is 0 Å². The summed E-state index contributed by atoms with van der Waals surface area (Å²) in [4.78, 5) is 11.6. The van der Waals surface area contributed by atoms with Crippen molar-refractivity contribution in [3.05, 3.63) is 59.7 Å². The standard InChI is InChI=1S/C17H18O3/c1-2-16(19)13-7-9-15(10-8-13)20-17-6-4-3-5-14(17)11-12-18/h3-10,18H,2,11-12H2,1H3. The van der Waals surface area contributed by atoms with Crippen molar-refractivity contribution >= 4 is 5.78 Å². The summed E-state index contributed by atoms with van der Waals surface area (Å²) in [7, 11) is 0. The van der Waals surface area contributed by atoms with Crippen LogP contribution in [0.2, 0.25) is 0 Å². The van der Waals surface area contributed by atoms with Gasteiger partial charge in [0.1, 0.15) is 11.5 Å². The first-order chi connectivity index (χ1) is 9.74. The van der Waals surface area contributed by atoms with Crippen LogP contribution in [0.15, 0.2) is 48.5 Å². The highest BCUT2D eigenvalue weighted by atomic mass is 16.5. The molecule has 0 saturated heterocycles. The Labute approximate surface area is 118 Å². The van der Waals surface area contributed by atoms with Crippen molar-refractivity contribution < 1.29 is 14.6 Å². The molecule has 3 nitrogen and oxygen atoms in total. The van der Waals surface area contributed by atoms with Crippen LogP contribution in [0.5, 0.6) is 11.5 Å². The van der Waals surface area contributed by atoms with E-state index in [1.54, 1.807) is 24.3 Å². The van der Waals surface area contributed by atoms with Gasteiger partial charge in [0.2, 0.25) is 0 Å². The molecule has 3 heteroatoms. The smallest absolute Gasteiger partial charge is 0.162 e. The van der Waals surface area contributed by atoms with Gasteiger partial charge in [-0.15, -0.1) is 0 Å². The fraction of sp³-hybridized carbons (Fsp3) is 0.235. The lowest BCUT2D eigenvalue weighted by Crippen LogP contribution is -1.97. The molecular formula is C17H18O3. The summed E-state index contributed by atoms with van der Waals surface area (Å²) < 4.78 is 5.81. The number of carbonyl (C=O) groups excluding carboxylic acids is 1. The first-order valence-electron chi connectivity index (χ1n) is 6.74. The van der Waals surface area contributed by atoms with Crippen LogP contribution in [0.25, 0.3) is 0 Å². The highest BCUT2D eigenvalue weighted by Gasteiger charge is 2.06. The van der Waals surface area contributed by atoms with Gasteiger partial charge in [-0.2, -0.15) is 0 Å². The minimum atomic E-state index is 0.0876. The zero-order valence-corrected chi connectivity index (χ0v) is 11.5. The second-order valence-corrected chi connectivity index (χ2v) is 4.48. The number of aliphatic hydroxyl groups is 1. The number of aliphatic hydroxyl groups excluding tert-OH is 1. The molecule has 0 unspecified atom stereocenters. The van der Waals surface area contributed by atoms with Crippen molar-refractivity contribution in [2.45, 2.75) is 19.8 Å². The van der Waals surface area contributed by atoms with Crippen molar-refractivity contribution in [1.82, 2.24) is 0 Å². The number of para-hydroxylation sites is 1. The van der Waals surface area contributed by atoms with Crippen LogP contribution in [0.1, 0.15) is 29.3 Å². The molecule has 0 spiro atoms. The van der Waals surface area contributed by atoms with Crippen LogP contribution in [0.3, 0.4) is 0 Å². The topological polar surface area (TPSA) is 46.5 Å². The molecule has 2 aromatic rings. The van der Waals surface area contributed by atoms with E-state index in [-0.39, 0.29) is 12.4 Å². The normalized spacial score (nSPS) is 10.3. The van der Waals surface area contributed by atoms with E-state index in [1.165, 1.54) is 0 Å². The summed E-state index contributed by atoms with van der Waals surface area (Å²) in [6.07, 6.45) is 1.06. The number of ether oxygens (including phenoxy) is 1. The molecule has 104 valence electrons. The van der Waals surface area contributed by atoms with Gasteiger partial charge in [-0.25, -0.2) is 0 Å². The Hall–Kier alpha value is -2.13. The Morgan fingerprint density at radius 2 is 1.80 bits per heavy atom. The highest BCUT2D eigenvalue weighted by molar-refractivity contribution is 5.95.